The van der Waals surface area contributed by atoms with Crippen molar-refractivity contribution < 1.29 is 32.7 Å². The second-order valence-corrected chi connectivity index (χ2v) is 7.23. The van der Waals surface area contributed by atoms with E-state index in [1.165, 1.54) is 26.4 Å². The Hall–Kier alpha value is -2.20. The third-order valence-corrected chi connectivity index (χ3v) is 5.54. The number of halogens is 2. The molecule has 1 unspecified atom stereocenters. The first-order valence-corrected chi connectivity index (χ1v) is 8.94. The number of benzene rings is 2. The molecule has 0 radical (unpaired) electrons. The summed E-state index contributed by atoms with van der Waals surface area (Å²) in [6.45, 7) is 0.664. The highest BCUT2D eigenvalue weighted by Gasteiger charge is 2.30. The third kappa shape index (κ3) is 4.22. The molecule has 27 heavy (non-hydrogen) atoms. The zero-order chi connectivity index (χ0) is 18.8. The summed E-state index contributed by atoms with van der Waals surface area (Å²) >= 11 is 0. The summed E-state index contributed by atoms with van der Waals surface area (Å²) in [5.41, 5.74) is 1.23. The molecule has 0 fully saturated rings. The maximum Gasteiger partial charge on any atom is 0.254 e. The fourth-order valence-corrected chi connectivity index (χ4v) is 3.85. The summed E-state index contributed by atoms with van der Waals surface area (Å²) in [5, 5.41) is 0. The topological polar surface area (TPSA) is 87.3 Å². The SMILES string of the molecule is COC(CN1Cc2ccc(S(=O)c3ccc(F)c(F)c3)cc2C1=O)OC.O. The lowest BCUT2D eigenvalue weighted by atomic mass is 10.1. The molecule has 1 amide bonds. The minimum absolute atomic E-state index is 0. The fraction of sp³-hybridized carbons (Fsp3) is 0.278. The Morgan fingerprint density at radius 3 is 2.33 bits per heavy atom. The average molecular weight is 399 g/mol. The predicted molar refractivity (Wildman–Crippen MR) is 93.6 cm³/mol. The van der Waals surface area contributed by atoms with Gasteiger partial charge in [0.05, 0.1) is 17.3 Å². The van der Waals surface area contributed by atoms with Crippen molar-refractivity contribution in [1.29, 1.82) is 0 Å². The maximum absolute atomic E-state index is 13.4. The molecule has 0 spiro atoms. The molecule has 1 atom stereocenters. The number of carbonyl (C=O) groups excluding carboxylic acids is 1. The number of hydrogen-bond acceptors (Lipinski definition) is 4. The molecule has 1 aliphatic heterocycles. The Morgan fingerprint density at radius 2 is 1.70 bits per heavy atom. The zero-order valence-electron chi connectivity index (χ0n) is 14.7. The molecular weight excluding hydrogens is 380 g/mol. The number of ether oxygens (including phenoxy) is 2. The number of fused-ring (bicyclic) bond motifs is 1. The Kier molecular flexibility index (Phi) is 6.77. The van der Waals surface area contributed by atoms with E-state index in [-0.39, 0.29) is 22.8 Å². The first kappa shape index (κ1) is 21.1. The standard InChI is InChI=1S/C18H17F2NO4S.H2O/c1-24-17(25-2)10-21-9-11-3-4-12(7-14(11)18(21)22)26(23)13-5-6-15(19)16(20)8-13;/h3-8,17H,9-10H2,1-2H3;1H2. The van der Waals surface area contributed by atoms with Crippen LogP contribution in [0.1, 0.15) is 15.9 Å². The van der Waals surface area contributed by atoms with Gasteiger partial charge in [-0.15, -0.1) is 0 Å². The van der Waals surface area contributed by atoms with E-state index in [1.54, 1.807) is 17.0 Å². The van der Waals surface area contributed by atoms with Crippen LogP contribution in [0.4, 0.5) is 8.78 Å². The van der Waals surface area contributed by atoms with Gasteiger partial charge >= 0.3 is 0 Å². The highest BCUT2D eigenvalue weighted by Crippen LogP contribution is 2.27. The Labute approximate surface area is 157 Å². The normalized spacial score (nSPS) is 14.3. The quantitative estimate of drug-likeness (QED) is 0.694. The molecule has 0 aromatic heterocycles. The van der Waals surface area contributed by atoms with Crippen LogP contribution in [0.25, 0.3) is 0 Å². The predicted octanol–water partition coefficient (Wildman–Crippen LogP) is 1.88. The second kappa shape index (κ2) is 8.66. The van der Waals surface area contributed by atoms with Crippen LogP contribution in [0, 0.1) is 11.6 Å². The van der Waals surface area contributed by atoms with Gasteiger partial charge in [-0.05, 0) is 35.9 Å². The lowest BCUT2D eigenvalue weighted by Crippen LogP contribution is -2.34. The number of carbonyl (C=O) groups is 1. The highest BCUT2D eigenvalue weighted by atomic mass is 32.2. The van der Waals surface area contributed by atoms with Crippen molar-refractivity contribution in [1.82, 2.24) is 4.90 Å². The number of rotatable bonds is 6. The molecule has 1 heterocycles. The minimum Gasteiger partial charge on any atom is -0.412 e. The smallest absolute Gasteiger partial charge is 0.254 e. The zero-order valence-corrected chi connectivity index (χ0v) is 15.5. The van der Waals surface area contributed by atoms with Crippen LogP contribution in [0.2, 0.25) is 0 Å². The maximum atomic E-state index is 13.4. The number of nitrogens with zero attached hydrogens (tertiary/aromatic N) is 1. The van der Waals surface area contributed by atoms with E-state index >= 15 is 0 Å². The van der Waals surface area contributed by atoms with E-state index in [9.17, 15) is 17.8 Å². The monoisotopic (exact) mass is 399 g/mol. The molecule has 2 aromatic rings. The van der Waals surface area contributed by atoms with Gasteiger partial charge in [0.15, 0.2) is 17.9 Å². The molecule has 0 saturated carbocycles. The summed E-state index contributed by atoms with van der Waals surface area (Å²) in [7, 11) is 1.26. The van der Waals surface area contributed by atoms with Crippen LogP contribution in [0.15, 0.2) is 46.2 Å². The van der Waals surface area contributed by atoms with Crippen LogP contribution in [-0.4, -0.2) is 47.5 Å². The van der Waals surface area contributed by atoms with Crippen molar-refractivity contribution in [2.45, 2.75) is 22.6 Å². The Balaban J connectivity index is 0.00000261. The lowest BCUT2D eigenvalue weighted by Gasteiger charge is -2.21. The van der Waals surface area contributed by atoms with Crippen LogP contribution in [-0.2, 0) is 26.8 Å². The number of amides is 1. The van der Waals surface area contributed by atoms with Crippen molar-refractivity contribution >= 4 is 16.7 Å². The van der Waals surface area contributed by atoms with Gasteiger partial charge in [0, 0.05) is 36.1 Å². The van der Waals surface area contributed by atoms with Crippen LogP contribution >= 0.6 is 0 Å². The fourth-order valence-electron chi connectivity index (χ4n) is 2.76. The molecule has 9 heteroatoms. The third-order valence-electron chi connectivity index (χ3n) is 4.17. The summed E-state index contributed by atoms with van der Waals surface area (Å²) in [6.07, 6.45) is -0.538. The van der Waals surface area contributed by atoms with E-state index in [2.05, 4.69) is 0 Å². The molecule has 0 saturated heterocycles. The highest BCUT2D eigenvalue weighted by molar-refractivity contribution is 7.85. The minimum atomic E-state index is -1.72. The summed E-state index contributed by atoms with van der Waals surface area (Å²) in [6, 6.07) is 7.96. The van der Waals surface area contributed by atoms with E-state index in [0.717, 1.165) is 17.7 Å². The molecule has 1 aliphatic rings. The van der Waals surface area contributed by atoms with Crippen LogP contribution in [0.3, 0.4) is 0 Å². The van der Waals surface area contributed by atoms with Gasteiger partial charge < -0.3 is 19.8 Å². The first-order chi connectivity index (χ1) is 12.4. The second-order valence-electron chi connectivity index (χ2n) is 5.75. The van der Waals surface area contributed by atoms with Crippen molar-refractivity contribution in [3.8, 4) is 0 Å². The largest absolute Gasteiger partial charge is 0.412 e. The van der Waals surface area contributed by atoms with Gasteiger partial charge in [-0.25, -0.2) is 13.0 Å². The summed E-state index contributed by atoms with van der Waals surface area (Å²) < 4.78 is 49.3. The van der Waals surface area contributed by atoms with Gasteiger partial charge in [0.25, 0.3) is 5.91 Å². The van der Waals surface area contributed by atoms with E-state index < -0.39 is 28.7 Å². The van der Waals surface area contributed by atoms with E-state index in [0.29, 0.717) is 17.0 Å². The lowest BCUT2D eigenvalue weighted by molar-refractivity contribution is -0.112. The molecule has 2 aromatic carbocycles. The van der Waals surface area contributed by atoms with Gasteiger partial charge in [0.1, 0.15) is 0 Å². The molecule has 0 bridgehead atoms. The number of hydrogen-bond donors (Lipinski definition) is 0. The van der Waals surface area contributed by atoms with Crippen molar-refractivity contribution in [2.75, 3.05) is 20.8 Å². The Morgan fingerprint density at radius 1 is 1.07 bits per heavy atom. The van der Waals surface area contributed by atoms with Crippen LogP contribution in [0.5, 0.6) is 0 Å². The average Bonchev–Trinajstić information content (AvgIpc) is 2.96. The molecular formula is C18H19F2NO5S. The van der Waals surface area contributed by atoms with Crippen molar-refractivity contribution in [3.05, 3.63) is 59.2 Å². The van der Waals surface area contributed by atoms with Crippen LogP contribution < -0.4 is 0 Å². The van der Waals surface area contributed by atoms with Gasteiger partial charge in [-0.1, -0.05) is 6.07 Å². The molecule has 146 valence electrons. The molecule has 2 N–H and O–H groups in total. The van der Waals surface area contributed by atoms with Gasteiger partial charge in [0.2, 0.25) is 0 Å². The summed E-state index contributed by atoms with van der Waals surface area (Å²) in [5.74, 6) is -2.29. The van der Waals surface area contributed by atoms with Crippen molar-refractivity contribution in [3.63, 3.8) is 0 Å². The molecule has 0 aliphatic carbocycles. The molecule has 3 rings (SSSR count). The Bertz CT molecular complexity index is 873. The van der Waals surface area contributed by atoms with Gasteiger partial charge in [-0.3, -0.25) is 4.79 Å². The number of methoxy groups -OCH3 is 2. The van der Waals surface area contributed by atoms with E-state index in [1.807, 2.05) is 0 Å². The van der Waals surface area contributed by atoms with Gasteiger partial charge in [-0.2, -0.15) is 0 Å². The summed E-state index contributed by atoms with van der Waals surface area (Å²) in [4.78, 5) is 14.6. The van der Waals surface area contributed by atoms with E-state index in [4.69, 9.17) is 9.47 Å². The first-order valence-electron chi connectivity index (χ1n) is 7.79. The molecule has 6 nitrogen and oxygen atoms in total. The van der Waals surface area contributed by atoms with Crippen molar-refractivity contribution in [2.24, 2.45) is 0 Å².